The molecule has 118 valence electrons. The van der Waals surface area contributed by atoms with Crippen molar-refractivity contribution in [3.63, 3.8) is 0 Å². The summed E-state index contributed by atoms with van der Waals surface area (Å²) >= 11 is 0. The molecule has 0 aliphatic rings. The van der Waals surface area contributed by atoms with E-state index in [0.29, 0.717) is 6.54 Å². The van der Waals surface area contributed by atoms with Gasteiger partial charge in [0.05, 0.1) is 0 Å². The Balaban J connectivity index is 2.34. The van der Waals surface area contributed by atoms with Crippen molar-refractivity contribution in [2.24, 2.45) is 11.7 Å². The van der Waals surface area contributed by atoms with Gasteiger partial charge < -0.3 is 16.0 Å². The number of rotatable bonds is 8. The Morgan fingerprint density at radius 1 is 1.19 bits per heavy atom. The highest BCUT2D eigenvalue weighted by atomic mass is 16.1. The molecule has 0 bridgehead atoms. The van der Waals surface area contributed by atoms with Crippen LogP contribution in [0.4, 0.5) is 5.69 Å². The van der Waals surface area contributed by atoms with E-state index in [2.05, 4.69) is 34.5 Å². The largest absolute Gasteiger partial charge is 0.378 e. The van der Waals surface area contributed by atoms with E-state index in [0.717, 1.165) is 30.5 Å². The second-order valence-electron chi connectivity index (χ2n) is 6.09. The molecule has 0 aliphatic heterocycles. The maximum absolute atomic E-state index is 12.0. The number of carbonyl (C=O) groups excluding carboxylic acids is 1. The summed E-state index contributed by atoms with van der Waals surface area (Å²) in [4.78, 5) is 14.1. The van der Waals surface area contributed by atoms with Gasteiger partial charge in [-0.2, -0.15) is 0 Å². The molecule has 0 aromatic heterocycles. The molecule has 0 saturated carbocycles. The first-order chi connectivity index (χ1) is 9.90. The molecular formula is C17H29N3O. The molecule has 1 aromatic rings. The summed E-state index contributed by atoms with van der Waals surface area (Å²) in [6.45, 7) is 4.57. The van der Waals surface area contributed by atoms with Crippen molar-refractivity contribution in [2.45, 2.75) is 45.7 Å². The fraction of sp³-hybridized carbons (Fsp3) is 0.588. The zero-order valence-electron chi connectivity index (χ0n) is 13.7. The molecule has 21 heavy (non-hydrogen) atoms. The zero-order chi connectivity index (χ0) is 15.8. The van der Waals surface area contributed by atoms with E-state index in [1.807, 2.05) is 27.9 Å². The van der Waals surface area contributed by atoms with Crippen LogP contribution in [0.1, 0.15) is 38.7 Å². The van der Waals surface area contributed by atoms with Crippen molar-refractivity contribution in [3.05, 3.63) is 29.8 Å². The zero-order valence-corrected chi connectivity index (χ0v) is 13.7. The lowest BCUT2D eigenvalue weighted by atomic mass is 10.0. The SMILES string of the molecule is CC(N)CCCC(C)C(=O)NCc1ccc(N(C)C)cc1. The van der Waals surface area contributed by atoms with Crippen molar-refractivity contribution in [3.8, 4) is 0 Å². The summed E-state index contributed by atoms with van der Waals surface area (Å²) in [6.07, 6.45) is 2.88. The minimum atomic E-state index is 0.0461. The number of benzene rings is 1. The van der Waals surface area contributed by atoms with E-state index in [9.17, 15) is 4.79 Å². The van der Waals surface area contributed by atoms with E-state index in [1.165, 1.54) is 0 Å². The average Bonchev–Trinajstić information content (AvgIpc) is 2.44. The molecule has 4 nitrogen and oxygen atoms in total. The lowest BCUT2D eigenvalue weighted by Crippen LogP contribution is -2.29. The van der Waals surface area contributed by atoms with Gasteiger partial charge in [0.2, 0.25) is 5.91 Å². The van der Waals surface area contributed by atoms with Gasteiger partial charge >= 0.3 is 0 Å². The second kappa shape index (κ2) is 8.67. The van der Waals surface area contributed by atoms with E-state index in [-0.39, 0.29) is 17.9 Å². The highest BCUT2D eigenvalue weighted by molar-refractivity contribution is 5.78. The summed E-state index contributed by atoms with van der Waals surface area (Å²) in [5, 5.41) is 3.00. The molecule has 1 rings (SSSR count). The third-order valence-corrected chi connectivity index (χ3v) is 3.66. The van der Waals surface area contributed by atoms with Gasteiger partial charge in [-0.15, -0.1) is 0 Å². The molecular weight excluding hydrogens is 262 g/mol. The Kier molecular flexibility index (Phi) is 7.23. The molecule has 3 N–H and O–H groups in total. The van der Waals surface area contributed by atoms with Crippen LogP contribution in [0.15, 0.2) is 24.3 Å². The monoisotopic (exact) mass is 291 g/mol. The van der Waals surface area contributed by atoms with Crippen LogP contribution in [0.25, 0.3) is 0 Å². The van der Waals surface area contributed by atoms with E-state index < -0.39 is 0 Å². The summed E-state index contributed by atoms with van der Waals surface area (Å²) < 4.78 is 0. The Morgan fingerprint density at radius 2 is 1.81 bits per heavy atom. The van der Waals surface area contributed by atoms with Gasteiger partial charge in [-0.05, 0) is 37.5 Å². The number of nitrogens with two attached hydrogens (primary N) is 1. The summed E-state index contributed by atoms with van der Waals surface area (Å²) in [5.41, 5.74) is 8.00. The van der Waals surface area contributed by atoms with Crippen molar-refractivity contribution < 1.29 is 4.79 Å². The highest BCUT2D eigenvalue weighted by Gasteiger charge is 2.12. The molecule has 0 spiro atoms. The fourth-order valence-electron chi connectivity index (χ4n) is 2.15. The van der Waals surface area contributed by atoms with Crippen LogP contribution < -0.4 is 16.0 Å². The molecule has 0 aliphatic carbocycles. The van der Waals surface area contributed by atoms with Crippen LogP contribution in [0.5, 0.6) is 0 Å². The fourth-order valence-corrected chi connectivity index (χ4v) is 2.15. The Morgan fingerprint density at radius 3 is 2.33 bits per heavy atom. The number of hydrogen-bond donors (Lipinski definition) is 2. The van der Waals surface area contributed by atoms with Crippen molar-refractivity contribution in [1.82, 2.24) is 5.32 Å². The lowest BCUT2D eigenvalue weighted by Gasteiger charge is -2.14. The van der Waals surface area contributed by atoms with Crippen molar-refractivity contribution >= 4 is 11.6 Å². The van der Waals surface area contributed by atoms with Crippen LogP contribution in [0.2, 0.25) is 0 Å². The summed E-state index contributed by atoms with van der Waals surface area (Å²) in [6, 6.07) is 8.45. The summed E-state index contributed by atoms with van der Waals surface area (Å²) in [5.74, 6) is 0.168. The highest BCUT2D eigenvalue weighted by Crippen LogP contribution is 2.13. The average molecular weight is 291 g/mol. The van der Waals surface area contributed by atoms with E-state index in [4.69, 9.17) is 5.73 Å². The molecule has 0 heterocycles. The van der Waals surface area contributed by atoms with E-state index in [1.54, 1.807) is 0 Å². The number of carbonyl (C=O) groups is 1. The van der Waals surface area contributed by atoms with Gasteiger partial charge in [0.15, 0.2) is 0 Å². The standard InChI is InChI=1S/C17H29N3O/c1-13(6-5-7-14(2)18)17(21)19-12-15-8-10-16(11-9-15)20(3)4/h8-11,13-14H,5-7,12,18H2,1-4H3,(H,19,21). The van der Waals surface area contributed by atoms with Gasteiger partial charge in [0.25, 0.3) is 0 Å². The number of anilines is 1. The molecule has 0 radical (unpaired) electrons. The molecule has 1 aromatic carbocycles. The normalized spacial score (nSPS) is 13.6. The third-order valence-electron chi connectivity index (χ3n) is 3.66. The van der Waals surface area contributed by atoms with Crippen LogP contribution in [0.3, 0.4) is 0 Å². The second-order valence-corrected chi connectivity index (χ2v) is 6.09. The Hall–Kier alpha value is -1.55. The predicted octanol–water partition coefficient (Wildman–Crippen LogP) is 2.52. The number of nitrogens with one attached hydrogen (secondary N) is 1. The van der Waals surface area contributed by atoms with Crippen molar-refractivity contribution in [2.75, 3.05) is 19.0 Å². The predicted molar refractivity (Wildman–Crippen MR) is 89.3 cm³/mol. The molecule has 2 atom stereocenters. The minimum Gasteiger partial charge on any atom is -0.378 e. The molecule has 2 unspecified atom stereocenters. The topological polar surface area (TPSA) is 58.4 Å². The van der Waals surface area contributed by atoms with Crippen LogP contribution >= 0.6 is 0 Å². The number of nitrogens with zero attached hydrogens (tertiary/aromatic N) is 1. The first kappa shape index (κ1) is 17.5. The summed E-state index contributed by atoms with van der Waals surface area (Å²) in [7, 11) is 4.03. The van der Waals surface area contributed by atoms with Gasteiger partial charge in [0, 0.05) is 38.3 Å². The Labute approximate surface area is 128 Å². The first-order valence-corrected chi connectivity index (χ1v) is 7.69. The number of amides is 1. The van der Waals surface area contributed by atoms with Gasteiger partial charge in [0.1, 0.15) is 0 Å². The smallest absolute Gasteiger partial charge is 0.223 e. The van der Waals surface area contributed by atoms with Crippen LogP contribution in [-0.2, 0) is 11.3 Å². The van der Waals surface area contributed by atoms with Crippen LogP contribution in [0, 0.1) is 5.92 Å². The maximum atomic E-state index is 12.0. The first-order valence-electron chi connectivity index (χ1n) is 7.69. The van der Waals surface area contributed by atoms with Gasteiger partial charge in [-0.3, -0.25) is 4.79 Å². The van der Waals surface area contributed by atoms with Crippen LogP contribution in [-0.4, -0.2) is 26.0 Å². The van der Waals surface area contributed by atoms with Crippen molar-refractivity contribution in [1.29, 1.82) is 0 Å². The van der Waals surface area contributed by atoms with Gasteiger partial charge in [-0.25, -0.2) is 0 Å². The molecule has 4 heteroatoms. The quantitative estimate of drug-likeness (QED) is 0.774. The minimum absolute atomic E-state index is 0.0461. The third kappa shape index (κ3) is 6.63. The molecule has 1 amide bonds. The Bertz CT molecular complexity index is 426. The molecule has 0 fully saturated rings. The molecule has 0 saturated heterocycles. The van der Waals surface area contributed by atoms with Gasteiger partial charge in [-0.1, -0.05) is 25.5 Å². The number of hydrogen-bond acceptors (Lipinski definition) is 3. The lowest BCUT2D eigenvalue weighted by molar-refractivity contribution is -0.124. The van der Waals surface area contributed by atoms with E-state index >= 15 is 0 Å². The maximum Gasteiger partial charge on any atom is 0.223 e.